The lowest BCUT2D eigenvalue weighted by Crippen LogP contribution is -1.95. The molecule has 8 aromatic carbocycles. The normalized spacial score (nSPS) is 14.3. The lowest BCUT2D eigenvalue weighted by Gasteiger charge is -2.29. The Balaban J connectivity index is 1.47. The molecule has 0 spiro atoms. The second kappa shape index (κ2) is 9.07. The van der Waals surface area contributed by atoms with Crippen LogP contribution in [-0.2, 0) is 0 Å². The molecule has 9 rings (SSSR count). The summed E-state index contributed by atoms with van der Waals surface area (Å²) in [6.45, 7) is 0. The second-order valence-electron chi connectivity index (χ2n) is 12.1. The van der Waals surface area contributed by atoms with E-state index >= 15 is 0 Å². The van der Waals surface area contributed by atoms with Gasteiger partial charge in [0.1, 0.15) is 0 Å². The molecule has 1 heteroatoms. The quantitative estimate of drug-likeness (QED) is 0.183. The molecule has 0 bridgehead atoms. The summed E-state index contributed by atoms with van der Waals surface area (Å²) in [5, 5.41) is 10.3. The number of hydrogen-bond acceptors (Lipinski definition) is 0. The topological polar surface area (TPSA) is 0 Å². The highest BCUT2D eigenvalue weighted by Crippen LogP contribution is 2.68. The van der Waals surface area contributed by atoms with Gasteiger partial charge in [0.05, 0.1) is 0 Å². The van der Waals surface area contributed by atoms with Gasteiger partial charge in [-0.2, -0.15) is 10.0 Å². The molecule has 0 aromatic heterocycles. The summed E-state index contributed by atoms with van der Waals surface area (Å²) in [5.74, 6) is 0. The van der Waals surface area contributed by atoms with E-state index in [-0.39, 0.29) is 0 Å². The van der Waals surface area contributed by atoms with E-state index in [1.54, 1.807) is 0 Å². The van der Waals surface area contributed by atoms with E-state index in [0.717, 1.165) is 0 Å². The van der Waals surface area contributed by atoms with Crippen LogP contribution in [-0.4, -0.2) is 12.5 Å². The molecule has 0 fully saturated rings. The maximum Gasteiger partial charge on any atom is 0.00219 e. The Bertz CT molecular complexity index is 2430. The van der Waals surface area contributed by atoms with Crippen LogP contribution < -0.4 is 0 Å². The summed E-state index contributed by atoms with van der Waals surface area (Å²) in [6.07, 6.45) is 4.93. The van der Waals surface area contributed by atoms with Crippen molar-refractivity contribution in [3.8, 4) is 33.4 Å². The third-order valence-electron chi connectivity index (χ3n) is 9.48. The van der Waals surface area contributed by atoms with Crippen LogP contribution in [0.25, 0.3) is 76.5 Å². The minimum Gasteiger partial charge on any atom is -0.192 e. The van der Waals surface area contributed by atoms with Crippen LogP contribution in [0.2, 0.25) is 0 Å². The first kappa shape index (κ1) is 24.7. The zero-order chi connectivity index (χ0) is 28.7. The van der Waals surface area contributed by atoms with E-state index in [1.807, 2.05) is 0 Å². The van der Waals surface area contributed by atoms with Crippen LogP contribution in [0.4, 0.5) is 0 Å². The molecule has 0 atom stereocenters. The first-order valence-electron chi connectivity index (χ1n) is 14.9. The van der Waals surface area contributed by atoms with E-state index in [9.17, 15) is 0 Å². The van der Waals surface area contributed by atoms with Crippen LogP contribution in [0.5, 0.6) is 0 Å². The van der Waals surface area contributed by atoms with E-state index < -0.39 is 10.0 Å². The van der Waals surface area contributed by atoms with Gasteiger partial charge in [0, 0.05) is 9.79 Å². The average molecular weight is 567 g/mol. The lowest BCUT2D eigenvalue weighted by atomic mass is 9.84. The van der Waals surface area contributed by atoms with Crippen LogP contribution in [0.3, 0.4) is 0 Å². The SMILES string of the molecule is CS1(C)c2ccccc2-c2cc3c(-c4ccc5ccccc5c4)c4ccccc4c(-c4ccc5ccccc5c4)c3cc21. The highest BCUT2D eigenvalue weighted by atomic mass is 32.3. The fourth-order valence-corrected chi connectivity index (χ4v) is 9.91. The predicted octanol–water partition coefficient (Wildman–Crippen LogP) is 12.1. The maximum atomic E-state index is 2.56. The molecule has 0 unspecified atom stereocenters. The van der Waals surface area contributed by atoms with Gasteiger partial charge in [-0.25, -0.2) is 0 Å². The van der Waals surface area contributed by atoms with Crippen LogP contribution in [0.1, 0.15) is 0 Å². The Morgan fingerprint density at radius 1 is 0.349 bits per heavy atom. The molecule has 0 N–H and O–H groups in total. The zero-order valence-electron chi connectivity index (χ0n) is 24.3. The molecule has 0 aliphatic carbocycles. The summed E-state index contributed by atoms with van der Waals surface area (Å²) >= 11 is 0. The molecular formula is C42H30S. The summed E-state index contributed by atoms with van der Waals surface area (Å²) < 4.78 is 0. The number of fused-ring (bicyclic) bond motifs is 7. The van der Waals surface area contributed by atoms with Crippen molar-refractivity contribution in [3.05, 3.63) is 146 Å². The van der Waals surface area contributed by atoms with Gasteiger partial charge in [-0.05, 0) is 119 Å². The molecule has 8 aromatic rings. The molecule has 1 heterocycles. The van der Waals surface area contributed by atoms with Crippen molar-refractivity contribution >= 4 is 53.1 Å². The van der Waals surface area contributed by atoms with Crippen molar-refractivity contribution in [2.75, 3.05) is 12.5 Å². The lowest BCUT2D eigenvalue weighted by molar-refractivity contribution is 1.46. The summed E-state index contributed by atoms with van der Waals surface area (Å²) in [6, 6.07) is 54.5. The first-order valence-corrected chi connectivity index (χ1v) is 17.4. The molecule has 1 aliphatic rings. The maximum absolute atomic E-state index is 2.56. The predicted molar refractivity (Wildman–Crippen MR) is 189 cm³/mol. The Kier molecular flexibility index (Phi) is 5.22. The first-order chi connectivity index (χ1) is 21.1. The summed E-state index contributed by atoms with van der Waals surface area (Å²) in [7, 11) is -1.15. The van der Waals surface area contributed by atoms with E-state index in [4.69, 9.17) is 0 Å². The van der Waals surface area contributed by atoms with Gasteiger partial charge in [-0.1, -0.05) is 115 Å². The largest absolute Gasteiger partial charge is 0.192 e. The van der Waals surface area contributed by atoms with Crippen molar-refractivity contribution in [1.29, 1.82) is 0 Å². The van der Waals surface area contributed by atoms with Gasteiger partial charge in [-0.15, -0.1) is 0 Å². The molecule has 43 heavy (non-hydrogen) atoms. The molecule has 0 radical (unpaired) electrons. The van der Waals surface area contributed by atoms with Gasteiger partial charge in [0.15, 0.2) is 0 Å². The fourth-order valence-electron chi connectivity index (χ4n) is 7.40. The van der Waals surface area contributed by atoms with Crippen LogP contribution in [0.15, 0.2) is 155 Å². The van der Waals surface area contributed by atoms with Crippen molar-refractivity contribution in [2.24, 2.45) is 0 Å². The minimum absolute atomic E-state index is 1.15. The highest BCUT2D eigenvalue weighted by Gasteiger charge is 2.33. The Hall–Kier alpha value is -4.85. The zero-order valence-corrected chi connectivity index (χ0v) is 25.1. The second-order valence-corrected chi connectivity index (χ2v) is 15.7. The Morgan fingerprint density at radius 2 is 0.837 bits per heavy atom. The molecule has 0 nitrogen and oxygen atoms in total. The van der Waals surface area contributed by atoms with Crippen molar-refractivity contribution in [2.45, 2.75) is 9.79 Å². The van der Waals surface area contributed by atoms with Crippen LogP contribution >= 0.6 is 10.0 Å². The fraction of sp³-hybridized carbons (Fsp3) is 0.0476. The van der Waals surface area contributed by atoms with Gasteiger partial charge in [0.2, 0.25) is 0 Å². The molecule has 204 valence electrons. The average Bonchev–Trinajstić information content (AvgIpc) is 3.27. The standard InChI is InChI=1S/C42H30S/c1-43(2)39-18-10-9-15-33(39)36-25-37-38(26-40(36)43)42(32-22-20-28-12-4-6-14-30(28)24-32)35-17-8-7-16-34(35)41(37)31-21-19-27-11-3-5-13-29(27)23-31/h3-26H,1-2H3. The number of hydrogen-bond donors (Lipinski definition) is 0. The van der Waals surface area contributed by atoms with Gasteiger partial charge < -0.3 is 0 Å². The summed E-state index contributed by atoms with van der Waals surface area (Å²) in [5.41, 5.74) is 7.97. The number of benzene rings is 8. The van der Waals surface area contributed by atoms with Crippen molar-refractivity contribution < 1.29 is 0 Å². The van der Waals surface area contributed by atoms with Crippen LogP contribution in [0, 0.1) is 0 Å². The molecular weight excluding hydrogens is 537 g/mol. The molecule has 0 saturated carbocycles. The molecule has 0 saturated heterocycles. The highest BCUT2D eigenvalue weighted by molar-refractivity contribution is 8.33. The van der Waals surface area contributed by atoms with E-state index in [2.05, 4.69) is 158 Å². The van der Waals surface area contributed by atoms with Crippen molar-refractivity contribution in [3.63, 3.8) is 0 Å². The Labute approximate surface area is 253 Å². The Morgan fingerprint density at radius 3 is 1.44 bits per heavy atom. The third kappa shape index (κ3) is 3.59. The minimum atomic E-state index is -1.15. The van der Waals surface area contributed by atoms with Crippen molar-refractivity contribution in [1.82, 2.24) is 0 Å². The van der Waals surface area contributed by atoms with Gasteiger partial charge >= 0.3 is 0 Å². The van der Waals surface area contributed by atoms with Gasteiger partial charge in [-0.3, -0.25) is 0 Å². The molecule has 1 aliphatic heterocycles. The summed E-state index contributed by atoms with van der Waals surface area (Å²) in [4.78, 5) is 2.98. The number of rotatable bonds is 2. The third-order valence-corrected chi connectivity index (χ3v) is 12.4. The van der Waals surface area contributed by atoms with E-state index in [0.29, 0.717) is 0 Å². The monoisotopic (exact) mass is 566 g/mol. The molecule has 0 amide bonds. The smallest absolute Gasteiger partial charge is 0.00219 e. The van der Waals surface area contributed by atoms with Gasteiger partial charge in [0.25, 0.3) is 0 Å². The van der Waals surface area contributed by atoms with E-state index in [1.165, 1.54) is 86.3 Å².